The van der Waals surface area contributed by atoms with Gasteiger partial charge in [-0.15, -0.1) is 0 Å². The number of rotatable bonds is 7. The van der Waals surface area contributed by atoms with Crippen molar-refractivity contribution >= 4 is 26.5 Å². The number of carbonyl (C=O) groups is 1. The number of hydrogen-bond donors (Lipinski definition) is 1. The fourth-order valence-electron chi connectivity index (χ4n) is 2.60. The van der Waals surface area contributed by atoms with Gasteiger partial charge >= 0.3 is 0 Å². The standard InChI is InChI=1S/C18H23NO3S/c1-3-13-23(21,22)14(2)18(20)19-12-11-16-9-6-8-15-7-4-5-10-17(15)16/h4-10,14H,3,11-13H2,1-2H3,(H,19,20)/t14-/m1/s1. The highest BCUT2D eigenvalue weighted by Crippen LogP contribution is 2.18. The number of nitrogens with one attached hydrogen (secondary N) is 1. The summed E-state index contributed by atoms with van der Waals surface area (Å²) in [4.78, 5) is 12.0. The van der Waals surface area contributed by atoms with E-state index in [1.807, 2.05) is 24.3 Å². The van der Waals surface area contributed by atoms with Crippen molar-refractivity contribution in [1.29, 1.82) is 0 Å². The summed E-state index contributed by atoms with van der Waals surface area (Å²) in [5, 5.41) is 4.08. The average Bonchev–Trinajstić information content (AvgIpc) is 2.54. The monoisotopic (exact) mass is 333 g/mol. The minimum absolute atomic E-state index is 0.0465. The Hall–Kier alpha value is -1.88. The van der Waals surface area contributed by atoms with E-state index >= 15 is 0 Å². The van der Waals surface area contributed by atoms with E-state index in [2.05, 4.69) is 23.5 Å². The van der Waals surface area contributed by atoms with Crippen LogP contribution >= 0.6 is 0 Å². The third kappa shape index (κ3) is 4.32. The second kappa shape index (κ2) is 7.59. The Bertz CT molecular complexity index is 778. The van der Waals surface area contributed by atoms with Gasteiger partial charge in [0.15, 0.2) is 9.84 Å². The number of fused-ring (bicyclic) bond motifs is 1. The first kappa shape index (κ1) is 17.5. The molecule has 0 saturated carbocycles. The lowest BCUT2D eigenvalue weighted by Gasteiger charge is -2.13. The maximum atomic E-state index is 12.0. The quantitative estimate of drug-likeness (QED) is 0.847. The van der Waals surface area contributed by atoms with Gasteiger partial charge in [-0.1, -0.05) is 49.4 Å². The zero-order chi connectivity index (χ0) is 16.9. The molecule has 0 aromatic heterocycles. The van der Waals surface area contributed by atoms with E-state index in [0.29, 0.717) is 19.4 Å². The molecule has 1 amide bonds. The highest BCUT2D eigenvalue weighted by Gasteiger charge is 2.26. The molecule has 0 bridgehead atoms. The second-order valence-electron chi connectivity index (χ2n) is 5.69. The highest BCUT2D eigenvalue weighted by atomic mass is 32.2. The molecule has 0 aliphatic carbocycles. The van der Waals surface area contributed by atoms with Crippen molar-refractivity contribution in [1.82, 2.24) is 5.32 Å². The molecule has 2 aromatic carbocycles. The first-order chi connectivity index (χ1) is 11.0. The highest BCUT2D eigenvalue weighted by molar-refractivity contribution is 7.92. The van der Waals surface area contributed by atoms with Gasteiger partial charge in [0, 0.05) is 6.54 Å². The molecule has 1 N–H and O–H groups in total. The van der Waals surface area contributed by atoms with Crippen LogP contribution in [0.5, 0.6) is 0 Å². The van der Waals surface area contributed by atoms with Crippen LogP contribution in [0, 0.1) is 0 Å². The van der Waals surface area contributed by atoms with Crippen LogP contribution in [0.15, 0.2) is 42.5 Å². The molecule has 2 rings (SSSR count). The van der Waals surface area contributed by atoms with Crippen molar-refractivity contribution in [3.8, 4) is 0 Å². The Morgan fingerprint density at radius 2 is 1.83 bits per heavy atom. The second-order valence-corrected chi connectivity index (χ2v) is 8.13. The summed E-state index contributed by atoms with van der Waals surface area (Å²) in [5.74, 6) is -0.371. The van der Waals surface area contributed by atoms with Crippen LogP contribution in [0.4, 0.5) is 0 Å². The summed E-state index contributed by atoms with van der Waals surface area (Å²) >= 11 is 0. The molecule has 2 aromatic rings. The van der Waals surface area contributed by atoms with Gasteiger partial charge < -0.3 is 5.32 Å². The Balaban J connectivity index is 1.98. The largest absolute Gasteiger partial charge is 0.355 e. The predicted octanol–water partition coefficient (Wildman–Crippen LogP) is 2.71. The molecule has 0 radical (unpaired) electrons. The SMILES string of the molecule is CCCS(=O)(=O)[C@H](C)C(=O)NCCc1cccc2ccccc12. The zero-order valence-corrected chi connectivity index (χ0v) is 14.4. The fourth-order valence-corrected chi connectivity index (χ4v) is 3.93. The Morgan fingerprint density at radius 1 is 1.13 bits per heavy atom. The Morgan fingerprint density at radius 3 is 2.57 bits per heavy atom. The molecule has 0 aliphatic heterocycles. The summed E-state index contributed by atoms with van der Waals surface area (Å²) in [5.41, 5.74) is 1.15. The van der Waals surface area contributed by atoms with Crippen LogP contribution < -0.4 is 5.32 Å². The summed E-state index contributed by atoms with van der Waals surface area (Å²) in [7, 11) is -3.35. The van der Waals surface area contributed by atoms with Gasteiger partial charge in [-0.3, -0.25) is 4.79 Å². The molecule has 124 valence electrons. The number of amides is 1. The topological polar surface area (TPSA) is 63.2 Å². The minimum atomic E-state index is -3.35. The van der Waals surface area contributed by atoms with E-state index in [1.165, 1.54) is 6.92 Å². The molecule has 5 heteroatoms. The summed E-state index contributed by atoms with van der Waals surface area (Å²) in [6.07, 6.45) is 1.20. The van der Waals surface area contributed by atoms with Gasteiger partial charge in [0.25, 0.3) is 0 Å². The van der Waals surface area contributed by atoms with Gasteiger partial charge in [0.1, 0.15) is 5.25 Å². The first-order valence-electron chi connectivity index (χ1n) is 7.91. The maximum Gasteiger partial charge on any atom is 0.238 e. The minimum Gasteiger partial charge on any atom is -0.355 e. The number of sulfone groups is 1. The summed E-state index contributed by atoms with van der Waals surface area (Å²) < 4.78 is 23.8. The van der Waals surface area contributed by atoms with Crippen LogP contribution in [0.2, 0.25) is 0 Å². The van der Waals surface area contributed by atoms with Gasteiger partial charge in [0.2, 0.25) is 5.91 Å². The van der Waals surface area contributed by atoms with Gasteiger partial charge in [-0.25, -0.2) is 8.42 Å². The summed E-state index contributed by atoms with van der Waals surface area (Å²) in [6.45, 7) is 3.68. The van der Waals surface area contributed by atoms with Crippen molar-refractivity contribution in [3.63, 3.8) is 0 Å². The molecule has 0 fully saturated rings. The lowest BCUT2D eigenvalue weighted by atomic mass is 10.0. The lowest BCUT2D eigenvalue weighted by molar-refractivity contribution is -0.120. The fraction of sp³-hybridized carbons (Fsp3) is 0.389. The summed E-state index contributed by atoms with van der Waals surface area (Å²) in [6, 6.07) is 14.2. The smallest absolute Gasteiger partial charge is 0.238 e. The van der Waals surface area contributed by atoms with Crippen molar-refractivity contribution in [2.45, 2.75) is 31.9 Å². The average molecular weight is 333 g/mol. The normalized spacial score (nSPS) is 13.0. The molecule has 1 atom stereocenters. The molecular formula is C18H23NO3S. The van der Waals surface area contributed by atoms with Crippen molar-refractivity contribution in [2.75, 3.05) is 12.3 Å². The molecule has 0 unspecified atom stereocenters. The van der Waals surface area contributed by atoms with E-state index in [1.54, 1.807) is 6.92 Å². The number of carbonyl (C=O) groups excluding carboxylic acids is 1. The van der Waals surface area contributed by atoms with E-state index in [4.69, 9.17) is 0 Å². The number of benzene rings is 2. The first-order valence-corrected chi connectivity index (χ1v) is 9.63. The molecule has 0 spiro atoms. The third-order valence-electron chi connectivity index (χ3n) is 3.97. The van der Waals surface area contributed by atoms with E-state index in [9.17, 15) is 13.2 Å². The van der Waals surface area contributed by atoms with Crippen LogP contribution in [-0.4, -0.2) is 31.9 Å². The lowest BCUT2D eigenvalue weighted by Crippen LogP contribution is -2.39. The molecule has 4 nitrogen and oxygen atoms in total. The zero-order valence-electron chi connectivity index (χ0n) is 13.6. The molecule has 0 aliphatic rings. The van der Waals surface area contributed by atoms with E-state index in [0.717, 1.165) is 16.3 Å². The van der Waals surface area contributed by atoms with Gasteiger partial charge in [0.05, 0.1) is 5.75 Å². The van der Waals surface area contributed by atoms with Crippen LogP contribution in [0.1, 0.15) is 25.8 Å². The van der Waals surface area contributed by atoms with Crippen LogP contribution in [0.3, 0.4) is 0 Å². The van der Waals surface area contributed by atoms with E-state index in [-0.39, 0.29) is 5.75 Å². The molecule has 0 saturated heterocycles. The van der Waals surface area contributed by atoms with Crippen molar-refractivity contribution < 1.29 is 13.2 Å². The molecule has 23 heavy (non-hydrogen) atoms. The number of hydrogen-bond acceptors (Lipinski definition) is 3. The Labute approximate surface area is 137 Å². The predicted molar refractivity (Wildman–Crippen MR) is 94.2 cm³/mol. The molecule has 0 heterocycles. The van der Waals surface area contributed by atoms with Gasteiger partial charge in [-0.05, 0) is 36.1 Å². The van der Waals surface area contributed by atoms with Crippen LogP contribution in [0.25, 0.3) is 10.8 Å². The van der Waals surface area contributed by atoms with Gasteiger partial charge in [-0.2, -0.15) is 0 Å². The van der Waals surface area contributed by atoms with Crippen LogP contribution in [-0.2, 0) is 21.1 Å². The maximum absolute atomic E-state index is 12.0. The Kier molecular flexibility index (Phi) is 5.77. The van der Waals surface area contributed by atoms with Crippen molar-refractivity contribution in [3.05, 3.63) is 48.0 Å². The third-order valence-corrected chi connectivity index (χ3v) is 6.24. The van der Waals surface area contributed by atoms with E-state index < -0.39 is 21.0 Å². The van der Waals surface area contributed by atoms with Crippen molar-refractivity contribution in [2.24, 2.45) is 0 Å². The molecular weight excluding hydrogens is 310 g/mol.